The number of nitrogens with two attached hydrogens (primary N) is 1. The van der Waals surface area contributed by atoms with Crippen molar-refractivity contribution in [2.24, 2.45) is 5.84 Å². The van der Waals surface area contributed by atoms with Crippen LogP contribution in [0.15, 0.2) is 42.6 Å². The minimum atomic E-state index is -0.397. The number of amides is 1. The number of benzene rings is 1. The zero-order chi connectivity index (χ0) is 14.5. The summed E-state index contributed by atoms with van der Waals surface area (Å²) in [6.45, 7) is 0.436. The lowest BCUT2D eigenvalue weighted by molar-refractivity contribution is 0.0953. The summed E-state index contributed by atoms with van der Waals surface area (Å²) >= 11 is 0. The molecule has 2 aromatic rings. The van der Waals surface area contributed by atoms with E-state index in [2.05, 4.69) is 4.98 Å². The van der Waals surface area contributed by atoms with Gasteiger partial charge in [0.2, 0.25) is 0 Å². The summed E-state index contributed by atoms with van der Waals surface area (Å²) in [7, 11) is 1.78. The number of nitrogen functional groups attached to an aromatic ring is 1. The van der Waals surface area contributed by atoms with Crippen LogP contribution in [0.5, 0.6) is 0 Å². The molecular formula is C14H15FN4O. The summed E-state index contributed by atoms with van der Waals surface area (Å²) in [5, 5.41) is 0. The third-order valence-corrected chi connectivity index (χ3v) is 2.88. The van der Waals surface area contributed by atoms with Crippen LogP contribution >= 0.6 is 0 Å². The van der Waals surface area contributed by atoms with E-state index in [-0.39, 0.29) is 5.82 Å². The summed E-state index contributed by atoms with van der Waals surface area (Å²) in [5.74, 6) is 4.36. The lowest BCUT2D eigenvalue weighted by Gasteiger charge is -2.19. The molecule has 0 aliphatic rings. The maximum absolute atomic E-state index is 13.6. The van der Waals surface area contributed by atoms with E-state index in [0.717, 1.165) is 5.69 Å². The fourth-order valence-corrected chi connectivity index (χ4v) is 1.83. The Balaban J connectivity index is 2.10. The Morgan fingerprint density at radius 2 is 2.10 bits per heavy atom. The molecule has 1 aromatic heterocycles. The van der Waals surface area contributed by atoms with Gasteiger partial charge in [-0.25, -0.2) is 10.2 Å². The minimum absolute atomic E-state index is 0.283. The molecule has 0 bridgehead atoms. The first-order valence-corrected chi connectivity index (χ1v) is 6.03. The van der Waals surface area contributed by atoms with Crippen LogP contribution in [0.4, 0.5) is 10.1 Å². The lowest BCUT2D eigenvalue weighted by atomic mass is 10.2. The molecule has 0 aliphatic carbocycles. The Morgan fingerprint density at radius 3 is 2.70 bits per heavy atom. The first-order valence-electron chi connectivity index (χ1n) is 6.03. The van der Waals surface area contributed by atoms with Gasteiger partial charge >= 0.3 is 0 Å². The van der Waals surface area contributed by atoms with Crippen LogP contribution < -0.4 is 16.2 Å². The van der Waals surface area contributed by atoms with Gasteiger partial charge in [0.15, 0.2) is 0 Å². The Labute approximate surface area is 116 Å². The number of carbonyl (C=O) groups is 1. The number of anilines is 1. The molecule has 2 rings (SSSR count). The summed E-state index contributed by atoms with van der Waals surface area (Å²) in [6, 6.07) is 9.86. The molecule has 20 heavy (non-hydrogen) atoms. The summed E-state index contributed by atoms with van der Waals surface area (Å²) < 4.78 is 13.6. The van der Waals surface area contributed by atoms with Gasteiger partial charge in [0.1, 0.15) is 5.82 Å². The van der Waals surface area contributed by atoms with Gasteiger partial charge in [-0.3, -0.25) is 15.2 Å². The van der Waals surface area contributed by atoms with Gasteiger partial charge in [-0.15, -0.1) is 0 Å². The third-order valence-electron chi connectivity index (χ3n) is 2.88. The molecule has 0 unspecified atom stereocenters. The van der Waals surface area contributed by atoms with Crippen molar-refractivity contribution in [3.05, 3.63) is 59.7 Å². The maximum Gasteiger partial charge on any atom is 0.266 e. The van der Waals surface area contributed by atoms with E-state index in [1.54, 1.807) is 42.3 Å². The molecule has 3 N–H and O–H groups in total. The second-order valence-corrected chi connectivity index (χ2v) is 4.32. The highest BCUT2D eigenvalue weighted by atomic mass is 19.1. The third kappa shape index (κ3) is 3.10. The zero-order valence-electron chi connectivity index (χ0n) is 11.0. The van der Waals surface area contributed by atoms with Crippen LogP contribution in [0, 0.1) is 5.82 Å². The van der Waals surface area contributed by atoms with E-state index in [1.165, 1.54) is 12.3 Å². The number of nitrogens with zero attached hydrogens (tertiary/aromatic N) is 2. The van der Waals surface area contributed by atoms with Gasteiger partial charge < -0.3 is 4.90 Å². The zero-order valence-corrected chi connectivity index (χ0v) is 11.0. The van der Waals surface area contributed by atoms with Crippen molar-refractivity contribution in [2.45, 2.75) is 6.54 Å². The number of rotatable bonds is 4. The molecule has 0 aliphatic heterocycles. The van der Waals surface area contributed by atoms with Crippen molar-refractivity contribution < 1.29 is 9.18 Å². The number of halogens is 1. The number of para-hydroxylation sites is 1. The van der Waals surface area contributed by atoms with Crippen molar-refractivity contribution in [3.63, 3.8) is 0 Å². The van der Waals surface area contributed by atoms with Gasteiger partial charge in [-0.05, 0) is 24.3 Å². The Kier molecular flexibility index (Phi) is 4.27. The van der Waals surface area contributed by atoms with Gasteiger partial charge in [0.05, 0.1) is 23.5 Å². The molecular weight excluding hydrogens is 259 g/mol. The van der Waals surface area contributed by atoms with Crippen molar-refractivity contribution >= 4 is 11.6 Å². The normalized spacial score (nSPS) is 10.2. The molecule has 0 atom stereocenters. The molecule has 5 nitrogen and oxygen atoms in total. The summed E-state index contributed by atoms with van der Waals surface area (Å²) in [4.78, 5) is 17.2. The average molecular weight is 274 g/mol. The Hall–Kier alpha value is -2.47. The molecule has 0 radical (unpaired) electrons. The van der Waals surface area contributed by atoms with Crippen molar-refractivity contribution in [1.82, 2.24) is 10.4 Å². The Bertz CT molecular complexity index is 600. The average Bonchev–Trinajstić information content (AvgIpc) is 2.47. The van der Waals surface area contributed by atoms with E-state index in [9.17, 15) is 9.18 Å². The number of hydrazine groups is 1. The minimum Gasteiger partial charge on any atom is -0.366 e. The van der Waals surface area contributed by atoms with E-state index in [0.29, 0.717) is 17.8 Å². The first kappa shape index (κ1) is 14.0. The molecule has 0 saturated heterocycles. The highest BCUT2D eigenvalue weighted by Crippen LogP contribution is 2.18. The number of pyridine rings is 1. The van der Waals surface area contributed by atoms with Crippen LogP contribution in [-0.4, -0.2) is 17.9 Å². The van der Waals surface area contributed by atoms with Gasteiger partial charge in [-0.2, -0.15) is 0 Å². The number of nitrogens with one attached hydrogen (secondary N) is 1. The quantitative estimate of drug-likeness (QED) is 0.503. The molecule has 1 amide bonds. The van der Waals surface area contributed by atoms with Crippen LogP contribution in [0.3, 0.4) is 0 Å². The van der Waals surface area contributed by atoms with E-state index >= 15 is 0 Å². The second kappa shape index (κ2) is 6.12. The van der Waals surface area contributed by atoms with Crippen molar-refractivity contribution in [3.8, 4) is 0 Å². The SMILES string of the molecule is CN(Cc1ccc(C(=O)NN)cn1)c1ccccc1F. The molecule has 1 heterocycles. The smallest absolute Gasteiger partial charge is 0.266 e. The van der Waals surface area contributed by atoms with Crippen LogP contribution in [0.1, 0.15) is 16.1 Å². The largest absolute Gasteiger partial charge is 0.366 e. The lowest BCUT2D eigenvalue weighted by Crippen LogP contribution is -2.30. The van der Waals surface area contributed by atoms with Gasteiger partial charge in [-0.1, -0.05) is 12.1 Å². The number of hydrogen-bond acceptors (Lipinski definition) is 4. The molecule has 0 saturated carbocycles. The van der Waals surface area contributed by atoms with Crippen molar-refractivity contribution in [2.75, 3.05) is 11.9 Å². The number of hydrogen-bond donors (Lipinski definition) is 2. The number of carbonyl (C=O) groups excluding carboxylic acids is 1. The van der Waals surface area contributed by atoms with Crippen LogP contribution in [-0.2, 0) is 6.54 Å². The Morgan fingerprint density at radius 1 is 1.35 bits per heavy atom. The van der Waals surface area contributed by atoms with E-state index in [1.807, 2.05) is 5.43 Å². The molecule has 1 aromatic carbocycles. The molecule has 104 valence electrons. The highest BCUT2D eigenvalue weighted by molar-refractivity contribution is 5.93. The molecule has 6 heteroatoms. The monoisotopic (exact) mass is 274 g/mol. The predicted molar refractivity (Wildman–Crippen MR) is 74.4 cm³/mol. The molecule has 0 fully saturated rings. The standard InChI is InChI=1S/C14H15FN4O/c1-19(13-5-3-2-4-12(13)15)9-11-7-6-10(8-17-11)14(20)18-16/h2-8H,9,16H2,1H3,(H,18,20). The summed E-state index contributed by atoms with van der Waals surface area (Å²) in [5.41, 5.74) is 3.64. The van der Waals surface area contributed by atoms with E-state index < -0.39 is 5.91 Å². The molecule has 0 spiro atoms. The van der Waals surface area contributed by atoms with Crippen LogP contribution in [0.2, 0.25) is 0 Å². The fourth-order valence-electron chi connectivity index (χ4n) is 1.83. The van der Waals surface area contributed by atoms with Crippen LogP contribution in [0.25, 0.3) is 0 Å². The van der Waals surface area contributed by atoms with Gasteiger partial charge in [0.25, 0.3) is 5.91 Å². The fraction of sp³-hybridized carbons (Fsp3) is 0.143. The highest BCUT2D eigenvalue weighted by Gasteiger charge is 2.09. The first-order chi connectivity index (χ1) is 9.61. The van der Waals surface area contributed by atoms with E-state index in [4.69, 9.17) is 5.84 Å². The summed E-state index contributed by atoms with van der Waals surface area (Å²) in [6.07, 6.45) is 1.44. The second-order valence-electron chi connectivity index (χ2n) is 4.32. The maximum atomic E-state index is 13.6. The van der Waals surface area contributed by atoms with Crippen molar-refractivity contribution in [1.29, 1.82) is 0 Å². The topological polar surface area (TPSA) is 71.2 Å². The van der Waals surface area contributed by atoms with Gasteiger partial charge in [0, 0.05) is 13.2 Å². The number of aromatic nitrogens is 1. The predicted octanol–water partition coefficient (Wildman–Crippen LogP) is 1.46.